The minimum Gasteiger partial charge on any atom is -0.464 e. The Hall–Kier alpha value is -0.610. The minimum atomic E-state index is -0.339. The molecule has 2 aliphatic heterocycles. The van der Waals surface area contributed by atoms with Crippen LogP contribution in [0.25, 0.3) is 0 Å². The molecule has 3 atom stereocenters. The van der Waals surface area contributed by atoms with E-state index in [4.69, 9.17) is 14.2 Å². The lowest BCUT2D eigenvalue weighted by Gasteiger charge is -2.24. The molecular formula is C10H16O4. The van der Waals surface area contributed by atoms with Crippen molar-refractivity contribution in [3.05, 3.63) is 0 Å². The summed E-state index contributed by atoms with van der Waals surface area (Å²) in [6.07, 6.45) is 1.45. The zero-order valence-corrected chi connectivity index (χ0v) is 8.62. The van der Waals surface area contributed by atoms with Crippen molar-refractivity contribution in [2.24, 2.45) is 0 Å². The highest BCUT2D eigenvalue weighted by atomic mass is 16.7. The number of ether oxygens (including phenoxy) is 3. The number of hydrogen-bond donors (Lipinski definition) is 0. The van der Waals surface area contributed by atoms with Gasteiger partial charge < -0.3 is 14.2 Å². The van der Waals surface area contributed by atoms with Gasteiger partial charge in [0.15, 0.2) is 6.10 Å². The Morgan fingerprint density at radius 3 is 3.07 bits per heavy atom. The average Bonchev–Trinajstić information content (AvgIpc) is 2.79. The average molecular weight is 200 g/mol. The standard InChI is InChI=1S/C10H16O4/c1-3-12-9(11)8-10(14-8)4-5-13-7(2)6-10/h7-8H,3-6H2,1-2H3. The summed E-state index contributed by atoms with van der Waals surface area (Å²) in [5, 5.41) is 0. The third-order valence-electron chi connectivity index (χ3n) is 2.83. The Labute approximate surface area is 83.5 Å². The number of hydrogen-bond acceptors (Lipinski definition) is 4. The van der Waals surface area contributed by atoms with Crippen LogP contribution in [-0.2, 0) is 19.0 Å². The predicted molar refractivity (Wildman–Crippen MR) is 48.9 cm³/mol. The molecule has 2 rings (SSSR count). The fourth-order valence-corrected chi connectivity index (χ4v) is 2.11. The van der Waals surface area contributed by atoms with Crippen LogP contribution in [0.3, 0.4) is 0 Å². The van der Waals surface area contributed by atoms with Crippen molar-refractivity contribution >= 4 is 5.97 Å². The monoisotopic (exact) mass is 200 g/mol. The van der Waals surface area contributed by atoms with Crippen LogP contribution in [0.5, 0.6) is 0 Å². The fraction of sp³-hybridized carbons (Fsp3) is 0.900. The molecule has 4 nitrogen and oxygen atoms in total. The van der Waals surface area contributed by atoms with Gasteiger partial charge in [-0.2, -0.15) is 0 Å². The Bertz CT molecular complexity index is 240. The molecule has 14 heavy (non-hydrogen) atoms. The molecule has 0 radical (unpaired) electrons. The van der Waals surface area contributed by atoms with Crippen LogP contribution in [0.15, 0.2) is 0 Å². The highest BCUT2D eigenvalue weighted by Crippen LogP contribution is 2.46. The van der Waals surface area contributed by atoms with Crippen LogP contribution < -0.4 is 0 Å². The number of esters is 1. The molecule has 3 unspecified atom stereocenters. The molecule has 1 spiro atoms. The Morgan fingerprint density at radius 1 is 1.64 bits per heavy atom. The molecule has 2 aliphatic rings. The molecule has 0 bridgehead atoms. The quantitative estimate of drug-likeness (QED) is 0.490. The second-order valence-electron chi connectivity index (χ2n) is 3.95. The first-order chi connectivity index (χ1) is 6.68. The lowest BCUT2D eigenvalue weighted by atomic mass is 9.92. The molecular weight excluding hydrogens is 184 g/mol. The van der Waals surface area contributed by atoms with Crippen LogP contribution in [0.1, 0.15) is 26.7 Å². The Balaban J connectivity index is 1.91. The van der Waals surface area contributed by atoms with Gasteiger partial charge in [-0.15, -0.1) is 0 Å². The zero-order valence-electron chi connectivity index (χ0n) is 8.62. The first kappa shape index (κ1) is 9.93. The van der Waals surface area contributed by atoms with E-state index in [9.17, 15) is 4.79 Å². The molecule has 0 N–H and O–H groups in total. The first-order valence-corrected chi connectivity index (χ1v) is 5.14. The van der Waals surface area contributed by atoms with E-state index >= 15 is 0 Å². The molecule has 2 heterocycles. The van der Waals surface area contributed by atoms with E-state index in [2.05, 4.69) is 0 Å². The lowest BCUT2D eigenvalue weighted by Crippen LogP contribution is -2.33. The number of carbonyl (C=O) groups excluding carboxylic acids is 1. The third kappa shape index (κ3) is 1.64. The normalized spacial score (nSPS) is 41.0. The fourth-order valence-electron chi connectivity index (χ4n) is 2.11. The van der Waals surface area contributed by atoms with Gasteiger partial charge >= 0.3 is 5.97 Å². The van der Waals surface area contributed by atoms with Crippen LogP contribution in [-0.4, -0.2) is 37.0 Å². The summed E-state index contributed by atoms with van der Waals surface area (Å²) in [6, 6.07) is 0. The topological polar surface area (TPSA) is 48.1 Å². The maximum absolute atomic E-state index is 11.4. The molecule has 80 valence electrons. The SMILES string of the molecule is CCOC(=O)C1OC12CCOC(C)C2. The van der Waals surface area contributed by atoms with Crippen LogP contribution in [0, 0.1) is 0 Å². The summed E-state index contributed by atoms with van der Waals surface area (Å²) >= 11 is 0. The summed E-state index contributed by atoms with van der Waals surface area (Å²) in [7, 11) is 0. The highest BCUT2D eigenvalue weighted by molar-refractivity contribution is 5.79. The van der Waals surface area contributed by atoms with E-state index in [-0.39, 0.29) is 23.8 Å². The summed E-state index contributed by atoms with van der Waals surface area (Å²) in [5.41, 5.74) is -0.260. The lowest BCUT2D eigenvalue weighted by molar-refractivity contribution is -0.144. The van der Waals surface area contributed by atoms with Crippen molar-refractivity contribution in [2.45, 2.75) is 44.5 Å². The van der Waals surface area contributed by atoms with E-state index < -0.39 is 0 Å². The van der Waals surface area contributed by atoms with Gasteiger partial charge in [0.25, 0.3) is 0 Å². The van der Waals surface area contributed by atoms with Gasteiger partial charge in [0.05, 0.1) is 12.7 Å². The maximum Gasteiger partial charge on any atom is 0.338 e. The molecule has 0 aromatic rings. The van der Waals surface area contributed by atoms with E-state index in [0.29, 0.717) is 13.2 Å². The Morgan fingerprint density at radius 2 is 2.43 bits per heavy atom. The van der Waals surface area contributed by atoms with Gasteiger partial charge in [0, 0.05) is 19.4 Å². The third-order valence-corrected chi connectivity index (χ3v) is 2.83. The maximum atomic E-state index is 11.4. The van der Waals surface area contributed by atoms with Crippen molar-refractivity contribution < 1.29 is 19.0 Å². The highest BCUT2D eigenvalue weighted by Gasteiger charge is 2.62. The van der Waals surface area contributed by atoms with Crippen molar-refractivity contribution in [2.75, 3.05) is 13.2 Å². The van der Waals surface area contributed by atoms with Crippen LogP contribution in [0.2, 0.25) is 0 Å². The van der Waals surface area contributed by atoms with E-state index in [1.807, 2.05) is 6.92 Å². The van der Waals surface area contributed by atoms with Gasteiger partial charge in [0.2, 0.25) is 0 Å². The number of rotatable bonds is 2. The minimum absolute atomic E-state index is 0.183. The summed E-state index contributed by atoms with van der Waals surface area (Å²) in [6.45, 7) is 4.91. The smallest absolute Gasteiger partial charge is 0.338 e. The van der Waals surface area contributed by atoms with Crippen LogP contribution >= 0.6 is 0 Å². The molecule has 2 fully saturated rings. The van der Waals surface area contributed by atoms with Gasteiger partial charge in [-0.05, 0) is 13.8 Å². The first-order valence-electron chi connectivity index (χ1n) is 5.14. The van der Waals surface area contributed by atoms with Crippen molar-refractivity contribution in [1.82, 2.24) is 0 Å². The summed E-state index contributed by atoms with van der Waals surface area (Å²) in [4.78, 5) is 11.4. The summed E-state index contributed by atoms with van der Waals surface area (Å²) in [5.74, 6) is -0.221. The predicted octanol–water partition coefficient (Wildman–Crippen LogP) is 0.886. The molecule has 0 saturated carbocycles. The molecule has 4 heteroatoms. The van der Waals surface area contributed by atoms with Crippen molar-refractivity contribution in [1.29, 1.82) is 0 Å². The van der Waals surface area contributed by atoms with E-state index in [0.717, 1.165) is 12.8 Å². The largest absolute Gasteiger partial charge is 0.464 e. The second kappa shape index (κ2) is 3.51. The van der Waals surface area contributed by atoms with Gasteiger partial charge in [-0.3, -0.25) is 0 Å². The zero-order chi connectivity index (χ0) is 10.2. The molecule has 0 aromatic heterocycles. The molecule has 0 aliphatic carbocycles. The number of carbonyl (C=O) groups is 1. The second-order valence-corrected chi connectivity index (χ2v) is 3.95. The number of epoxide rings is 1. The summed E-state index contributed by atoms with van der Waals surface area (Å²) < 4.78 is 15.8. The molecule has 2 saturated heterocycles. The van der Waals surface area contributed by atoms with Gasteiger partial charge in [-0.1, -0.05) is 0 Å². The van der Waals surface area contributed by atoms with E-state index in [1.54, 1.807) is 6.92 Å². The van der Waals surface area contributed by atoms with Crippen LogP contribution in [0.4, 0.5) is 0 Å². The van der Waals surface area contributed by atoms with Gasteiger partial charge in [0.1, 0.15) is 5.60 Å². The van der Waals surface area contributed by atoms with Gasteiger partial charge in [-0.25, -0.2) is 4.79 Å². The molecule has 0 amide bonds. The Kier molecular flexibility index (Phi) is 2.49. The van der Waals surface area contributed by atoms with Crippen molar-refractivity contribution in [3.8, 4) is 0 Å². The molecule has 0 aromatic carbocycles. The van der Waals surface area contributed by atoms with E-state index in [1.165, 1.54) is 0 Å². The van der Waals surface area contributed by atoms with Crippen molar-refractivity contribution in [3.63, 3.8) is 0 Å².